The van der Waals surface area contributed by atoms with Crippen LogP contribution in [0.2, 0.25) is 0 Å². The number of ether oxygens (including phenoxy) is 3. The fourth-order valence-electron chi connectivity index (χ4n) is 4.64. The van der Waals surface area contributed by atoms with Gasteiger partial charge in [-0.05, 0) is 61.6 Å². The minimum Gasteiger partial charge on any atom is -0.496 e. The molecule has 6 heteroatoms. The summed E-state index contributed by atoms with van der Waals surface area (Å²) in [4.78, 5) is 26.0. The van der Waals surface area contributed by atoms with Gasteiger partial charge < -0.3 is 19.5 Å². The van der Waals surface area contributed by atoms with Gasteiger partial charge in [-0.3, -0.25) is 0 Å². The maximum Gasteiger partial charge on any atom is 0.407 e. The fraction of sp³-hybridized carbons (Fsp3) is 0.333. The van der Waals surface area contributed by atoms with Crippen LogP contribution in [0.15, 0.2) is 66.7 Å². The van der Waals surface area contributed by atoms with Crippen molar-refractivity contribution in [3.05, 3.63) is 89.0 Å². The number of hydrogen-bond donors (Lipinski definition) is 1. The number of alkyl carbamates (subject to hydrolysis) is 1. The number of esters is 1. The van der Waals surface area contributed by atoms with Gasteiger partial charge in [0.05, 0.1) is 7.11 Å². The average molecular weight is 488 g/mol. The third-order valence-corrected chi connectivity index (χ3v) is 6.19. The van der Waals surface area contributed by atoms with Gasteiger partial charge in [0.2, 0.25) is 0 Å². The van der Waals surface area contributed by atoms with Crippen LogP contribution in [0.25, 0.3) is 11.1 Å². The number of hydrogen-bond acceptors (Lipinski definition) is 5. The van der Waals surface area contributed by atoms with Crippen molar-refractivity contribution in [2.45, 2.75) is 51.7 Å². The second kappa shape index (κ2) is 10.4. The van der Waals surface area contributed by atoms with Crippen LogP contribution < -0.4 is 10.1 Å². The highest BCUT2D eigenvalue weighted by Gasteiger charge is 2.31. The van der Waals surface area contributed by atoms with Crippen molar-refractivity contribution >= 4 is 12.1 Å². The number of carbonyl (C=O) groups excluding carboxylic acids is 2. The molecule has 0 saturated heterocycles. The van der Waals surface area contributed by atoms with Crippen LogP contribution in [0.5, 0.6) is 5.75 Å². The molecule has 0 aromatic heterocycles. The molecule has 1 atom stereocenters. The van der Waals surface area contributed by atoms with E-state index in [-0.39, 0.29) is 18.9 Å². The third-order valence-electron chi connectivity index (χ3n) is 6.19. The zero-order valence-electron chi connectivity index (χ0n) is 21.5. The monoisotopic (exact) mass is 487 g/mol. The largest absolute Gasteiger partial charge is 0.496 e. The van der Waals surface area contributed by atoms with Crippen LogP contribution in [0, 0.1) is 6.92 Å². The molecule has 188 valence electrons. The predicted octanol–water partition coefficient (Wildman–Crippen LogP) is 5.80. The van der Waals surface area contributed by atoms with Crippen LogP contribution in [-0.2, 0) is 20.7 Å². The van der Waals surface area contributed by atoms with E-state index in [9.17, 15) is 9.59 Å². The van der Waals surface area contributed by atoms with Crippen molar-refractivity contribution < 1.29 is 23.8 Å². The van der Waals surface area contributed by atoms with E-state index in [0.717, 1.165) is 33.4 Å². The Morgan fingerprint density at radius 1 is 0.944 bits per heavy atom. The smallest absolute Gasteiger partial charge is 0.407 e. The molecule has 0 bridgehead atoms. The van der Waals surface area contributed by atoms with Gasteiger partial charge >= 0.3 is 12.1 Å². The number of fused-ring (bicyclic) bond motifs is 3. The minimum atomic E-state index is -0.935. The summed E-state index contributed by atoms with van der Waals surface area (Å²) in [6, 6.07) is 21.1. The third kappa shape index (κ3) is 5.70. The van der Waals surface area contributed by atoms with Gasteiger partial charge in [0, 0.05) is 12.3 Å². The maximum atomic E-state index is 13.0. The Morgan fingerprint density at radius 2 is 1.56 bits per heavy atom. The quantitative estimate of drug-likeness (QED) is 0.427. The van der Waals surface area contributed by atoms with E-state index in [4.69, 9.17) is 14.2 Å². The predicted molar refractivity (Wildman–Crippen MR) is 139 cm³/mol. The number of nitrogens with one attached hydrogen (secondary N) is 1. The zero-order chi connectivity index (χ0) is 25.9. The van der Waals surface area contributed by atoms with Crippen LogP contribution in [-0.4, -0.2) is 37.4 Å². The van der Waals surface area contributed by atoms with E-state index in [1.807, 2.05) is 49.4 Å². The van der Waals surface area contributed by atoms with E-state index >= 15 is 0 Å². The van der Waals surface area contributed by atoms with Crippen LogP contribution >= 0.6 is 0 Å². The van der Waals surface area contributed by atoms with Gasteiger partial charge in [0.25, 0.3) is 0 Å². The molecule has 6 nitrogen and oxygen atoms in total. The van der Waals surface area contributed by atoms with Crippen molar-refractivity contribution in [1.29, 1.82) is 0 Å². The first-order valence-electron chi connectivity index (χ1n) is 12.1. The summed E-state index contributed by atoms with van der Waals surface area (Å²) < 4.78 is 16.7. The van der Waals surface area contributed by atoms with Gasteiger partial charge in [-0.25, -0.2) is 9.59 Å². The molecule has 0 heterocycles. The zero-order valence-corrected chi connectivity index (χ0v) is 21.5. The first kappa shape index (κ1) is 25.3. The molecule has 3 aromatic rings. The summed E-state index contributed by atoms with van der Waals surface area (Å²) in [6.07, 6.45) is -0.455. The van der Waals surface area contributed by atoms with Gasteiger partial charge in [-0.2, -0.15) is 0 Å². The molecule has 4 rings (SSSR count). The van der Waals surface area contributed by atoms with Crippen LogP contribution in [0.4, 0.5) is 4.79 Å². The van der Waals surface area contributed by atoms with E-state index in [1.165, 1.54) is 0 Å². The first-order valence-corrected chi connectivity index (χ1v) is 12.1. The second-order valence-electron chi connectivity index (χ2n) is 10.1. The highest BCUT2D eigenvalue weighted by molar-refractivity contribution is 5.82. The topological polar surface area (TPSA) is 73.9 Å². The van der Waals surface area contributed by atoms with E-state index in [0.29, 0.717) is 5.75 Å². The van der Waals surface area contributed by atoms with Gasteiger partial charge in [-0.1, -0.05) is 66.2 Å². The van der Waals surface area contributed by atoms with Gasteiger partial charge in [0.15, 0.2) is 0 Å². The van der Waals surface area contributed by atoms with E-state index in [1.54, 1.807) is 27.9 Å². The molecule has 36 heavy (non-hydrogen) atoms. The molecule has 1 unspecified atom stereocenters. The summed E-state index contributed by atoms with van der Waals surface area (Å²) >= 11 is 0. The first-order chi connectivity index (χ1) is 17.2. The lowest BCUT2D eigenvalue weighted by molar-refractivity contribution is -0.157. The number of rotatable bonds is 7. The Hall–Kier alpha value is -3.80. The van der Waals surface area contributed by atoms with Crippen molar-refractivity contribution in [2.24, 2.45) is 0 Å². The lowest BCUT2D eigenvalue weighted by Gasteiger charge is -2.25. The standard InChI is InChI=1S/C30H33NO5/c1-19-14-15-27(34-5)20(16-19)17-26(28(32)36-30(2,3)4)31-29(33)35-18-25-23-12-8-6-10-21(23)22-11-7-9-13-24(22)25/h6-16,25-26H,17-18H2,1-5H3,(H,31,33). The summed E-state index contributed by atoms with van der Waals surface area (Å²) in [5.41, 5.74) is 5.68. The maximum absolute atomic E-state index is 13.0. The molecular formula is C30H33NO5. The highest BCUT2D eigenvalue weighted by atomic mass is 16.6. The Bertz CT molecular complexity index is 1210. The Balaban J connectivity index is 1.50. The summed E-state index contributed by atoms with van der Waals surface area (Å²) in [5, 5.41) is 2.74. The summed E-state index contributed by atoms with van der Waals surface area (Å²) in [5.74, 6) is 0.0445. The lowest BCUT2D eigenvalue weighted by Crippen LogP contribution is -2.46. The Morgan fingerprint density at radius 3 is 2.14 bits per heavy atom. The van der Waals surface area contributed by atoms with Crippen molar-refractivity contribution in [3.8, 4) is 16.9 Å². The molecule has 0 fully saturated rings. The molecular weight excluding hydrogens is 454 g/mol. The molecule has 1 amide bonds. The molecule has 1 aliphatic rings. The number of benzene rings is 3. The van der Waals surface area contributed by atoms with E-state index in [2.05, 4.69) is 29.6 Å². The fourth-order valence-corrected chi connectivity index (χ4v) is 4.64. The molecule has 0 saturated carbocycles. The summed E-state index contributed by atoms with van der Waals surface area (Å²) in [6.45, 7) is 7.51. The SMILES string of the molecule is COc1ccc(C)cc1CC(NC(=O)OCC1c2ccccc2-c2ccccc21)C(=O)OC(C)(C)C. The van der Waals surface area contributed by atoms with Crippen molar-refractivity contribution in [2.75, 3.05) is 13.7 Å². The molecule has 0 aliphatic heterocycles. The second-order valence-corrected chi connectivity index (χ2v) is 10.1. The highest BCUT2D eigenvalue weighted by Crippen LogP contribution is 2.44. The van der Waals surface area contributed by atoms with Crippen molar-refractivity contribution in [1.82, 2.24) is 5.32 Å². The molecule has 0 spiro atoms. The number of methoxy groups -OCH3 is 1. The van der Waals surface area contributed by atoms with Gasteiger partial charge in [-0.15, -0.1) is 0 Å². The lowest BCUT2D eigenvalue weighted by atomic mass is 9.98. The summed E-state index contributed by atoms with van der Waals surface area (Å²) in [7, 11) is 1.58. The molecule has 0 radical (unpaired) electrons. The van der Waals surface area contributed by atoms with Gasteiger partial charge in [0.1, 0.15) is 24.0 Å². The number of carbonyl (C=O) groups is 2. The van der Waals surface area contributed by atoms with Crippen LogP contribution in [0.3, 0.4) is 0 Å². The molecule has 1 aliphatic carbocycles. The molecule has 3 aromatic carbocycles. The Kier molecular flexibility index (Phi) is 7.34. The normalized spacial score (nSPS) is 13.4. The van der Waals surface area contributed by atoms with Crippen LogP contribution in [0.1, 0.15) is 48.9 Å². The van der Waals surface area contributed by atoms with E-state index < -0.39 is 23.7 Å². The Labute approximate surface area is 212 Å². The number of aryl methyl sites for hydroxylation is 1. The average Bonchev–Trinajstić information content (AvgIpc) is 3.15. The molecule has 1 N–H and O–H groups in total. The minimum absolute atomic E-state index is 0.0695. The van der Waals surface area contributed by atoms with Crippen molar-refractivity contribution in [3.63, 3.8) is 0 Å². The number of amides is 1.